The minimum absolute atomic E-state index is 0.0769. The second-order valence-electron chi connectivity index (χ2n) is 4.55. The number of fused-ring (bicyclic) bond motifs is 3. The lowest BCUT2D eigenvalue weighted by molar-refractivity contribution is -0.136. The van der Waals surface area contributed by atoms with Gasteiger partial charge in [0.2, 0.25) is 5.58 Å². The number of carbonyl (C=O) groups is 1. The number of furan rings is 1. The molecular weight excluding hydrogens is 260 g/mol. The van der Waals surface area contributed by atoms with E-state index in [9.17, 15) is 9.59 Å². The normalized spacial score (nSPS) is 11.2. The van der Waals surface area contributed by atoms with Gasteiger partial charge in [0, 0.05) is 11.8 Å². The van der Waals surface area contributed by atoms with Crippen molar-refractivity contribution in [2.75, 3.05) is 0 Å². The third kappa shape index (κ3) is 1.95. The summed E-state index contributed by atoms with van der Waals surface area (Å²) < 4.78 is 5.49. The Morgan fingerprint density at radius 2 is 2.25 bits per heavy atom. The maximum Gasteiger partial charge on any atom is 0.307 e. The van der Waals surface area contributed by atoms with Crippen LogP contribution in [0.5, 0.6) is 0 Å². The second-order valence-corrected chi connectivity index (χ2v) is 4.55. The Morgan fingerprint density at radius 1 is 1.45 bits per heavy atom. The Balaban J connectivity index is 2.32. The molecule has 0 bridgehead atoms. The Hall–Kier alpha value is -2.63. The van der Waals surface area contributed by atoms with Gasteiger partial charge >= 0.3 is 5.97 Å². The molecule has 0 fully saturated rings. The standard InChI is InChI=1S/C14H12N2O4/c1-2-10-15-12-8-5-7(6-11(17)18)3-4-9(8)20-13(12)14(19)16-10/h3-5H,2,6H2,1H3,(H,17,18)(H,15,16,19). The molecule has 6 heteroatoms. The number of carboxylic acid groups (broad SMARTS) is 1. The molecule has 0 radical (unpaired) electrons. The van der Waals surface area contributed by atoms with E-state index in [1.165, 1.54) is 0 Å². The third-order valence-electron chi connectivity index (χ3n) is 3.13. The van der Waals surface area contributed by atoms with E-state index in [-0.39, 0.29) is 17.6 Å². The fourth-order valence-electron chi connectivity index (χ4n) is 2.20. The SMILES string of the molecule is CCc1nc2c(oc3ccc(CC(=O)O)cc32)c(=O)[nH]1. The first kappa shape index (κ1) is 12.4. The summed E-state index contributed by atoms with van der Waals surface area (Å²) in [6.45, 7) is 1.89. The van der Waals surface area contributed by atoms with Crippen molar-refractivity contribution in [3.8, 4) is 0 Å². The van der Waals surface area contributed by atoms with Gasteiger partial charge in [0.25, 0.3) is 5.56 Å². The van der Waals surface area contributed by atoms with Crippen LogP contribution in [0.25, 0.3) is 22.1 Å². The van der Waals surface area contributed by atoms with Gasteiger partial charge in [0.1, 0.15) is 16.9 Å². The van der Waals surface area contributed by atoms with Crippen LogP contribution in [0.3, 0.4) is 0 Å². The van der Waals surface area contributed by atoms with E-state index in [0.29, 0.717) is 34.3 Å². The molecule has 0 unspecified atom stereocenters. The summed E-state index contributed by atoms with van der Waals surface area (Å²) >= 11 is 0. The summed E-state index contributed by atoms with van der Waals surface area (Å²) in [5.41, 5.74) is 1.51. The number of nitrogens with zero attached hydrogens (tertiary/aromatic N) is 1. The molecular formula is C14H12N2O4. The van der Waals surface area contributed by atoms with Crippen LogP contribution in [0.15, 0.2) is 27.4 Å². The molecule has 0 saturated carbocycles. The number of aromatic amines is 1. The zero-order valence-corrected chi connectivity index (χ0v) is 10.8. The highest BCUT2D eigenvalue weighted by Crippen LogP contribution is 2.26. The fourth-order valence-corrected chi connectivity index (χ4v) is 2.20. The Bertz CT molecular complexity index is 876. The van der Waals surface area contributed by atoms with Crippen molar-refractivity contribution in [1.29, 1.82) is 0 Å². The average molecular weight is 272 g/mol. The molecule has 102 valence electrons. The third-order valence-corrected chi connectivity index (χ3v) is 3.13. The minimum atomic E-state index is -0.905. The maximum atomic E-state index is 11.9. The molecule has 0 spiro atoms. The molecule has 0 aliphatic heterocycles. The lowest BCUT2D eigenvalue weighted by Crippen LogP contribution is -2.09. The van der Waals surface area contributed by atoms with Crippen LogP contribution >= 0.6 is 0 Å². The van der Waals surface area contributed by atoms with Gasteiger partial charge in [-0.2, -0.15) is 0 Å². The van der Waals surface area contributed by atoms with Crippen LogP contribution in [0.2, 0.25) is 0 Å². The van der Waals surface area contributed by atoms with Crippen LogP contribution in [-0.4, -0.2) is 21.0 Å². The lowest BCUT2D eigenvalue weighted by atomic mass is 10.1. The van der Waals surface area contributed by atoms with E-state index in [1.54, 1.807) is 18.2 Å². The van der Waals surface area contributed by atoms with E-state index in [2.05, 4.69) is 9.97 Å². The van der Waals surface area contributed by atoms with E-state index < -0.39 is 5.97 Å². The van der Waals surface area contributed by atoms with Gasteiger partial charge in [-0.25, -0.2) is 4.98 Å². The number of aliphatic carboxylic acids is 1. The van der Waals surface area contributed by atoms with E-state index in [0.717, 1.165) is 0 Å². The summed E-state index contributed by atoms with van der Waals surface area (Å²) in [6.07, 6.45) is 0.527. The molecule has 0 aliphatic carbocycles. The van der Waals surface area contributed by atoms with Crippen molar-refractivity contribution < 1.29 is 14.3 Å². The van der Waals surface area contributed by atoms with Gasteiger partial charge < -0.3 is 14.5 Å². The van der Waals surface area contributed by atoms with Crippen molar-refractivity contribution in [2.24, 2.45) is 0 Å². The fraction of sp³-hybridized carbons (Fsp3) is 0.214. The molecule has 0 saturated heterocycles. The van der Waals surface area contributed by atoms with Gasteiger partial charge in [-0.15, -0.1) is 0 Å². The van der Waals surface area contributed by atoms with E-state index in [4.69, 9.17) is 9.52 Å². The summed E-state index contributed by atoms with van der Waals surface area (Å²) in [6, 6.07) is 5.05. The molecule has 2 aromatic heterocycles. The highest BCUT2D eigenvalue weighted by Gasteiger charge is 2.14. The summed E-state index contributed by atoms with van der Waals surface area (Å²) in [7, 11) is 0. The highest BCUT2D eigenvalue weighted by atomic mass is 16.4. The number of aryl methyl sites for hydroxylation is 1. The monoisotopic (exact) mass is 272 g/mol. The first-order valence-electron chi connectivity index (χ1n) is 6.24. The lowest BCUT2D eigenvalue weighted by Gasteiger charge is -1.97. The predicted octanol–water partition coefficient (Wildman–Crippen LogP) is 1.86. The number of rotatable bonds is 3. The molecule has 20 heavy (non-hydrogen) atoms. The van der Waals surface area contributed by atoms with Gasteiger partial charge in [0.05, 0.1) is 6.42 Å². The Kier molecular flexibility index (Phi) is 2.78. The zero-order valence-electron chi connectivity index (χ0n) is 10.8. The van der Waals surface area contributed by atoms with Gasteiger partial charge in [-0.1, -0.05) is 13.0 Å². The quantitative estimate of drug-likeness (QED) is 0.758. The van der Waals surface area contributed by atoms with E-state index in [1.807, 2.05) is 6.92 Å². The summed E-state index contributed by atoms with van der Waals surface area (Å²) in [5, 5.41) is 9.50. The largest absolute Gasteiger partial charge is 0.481 e. The van der Waals surface area contributed by atoms with Crippen molar-refractivity contribution in [3.05, 3.63) is 39.9 Å². The Morgan fingerprint density at radius 3 is 2.95 bits per heavy atom. The molecule has 2 heterocycles. The number of benzene rings is 1. The Labute approximate surface area is 113 Å². The van der Waals surface area contributed by atoms with Crippen LogP contribution in [-0.2, 0) is 17.6 Å². The van der Waals surface area contributed by atoms with Gasteiger partial charge in [-0.05, 0) is 17.7 Å². The predicted molar refractivity (Wildman–Crippen MR) is 72.9 cm³/mol. The number of H-pyrrole nitrogens is 1. The van der Waals surface area contributed by atoms with Crippen LogP contribution < -0.4 is 5.56 Å². The van der Waals surface area contributed by atoms with Crippen molar-refractivity contribution in [3.63, 3.8) is 0 Å². The summed E-state index contributed by atoms with van der Waals surface area (Å²) in [4.78, 5) is 29.7. The van der Waals surface area contributed by atoms with Crippen molar-refractivity contribution in [1.82, 2.24) is 9.97 Å². The zero-order chi connectivity index (χ0) is 14.3. The molecule has 3 aromatic rings. The summed E-state index contributed by atoms with van der Waals surface area (Å²) in [5.74, 6) is -0.328. The molecule has 3 rings (SSSR count). The number of hydrogen-bond donors (Lipinski definition) is 2. The van der Waals surface area contributed by atoms with Gasteiger partial charge in [0.15, 0.2) is 0 Å². The minimum Gasteiger partial charge on any atom is -0.481 e. The van der Waals surface area contributed by atoms with Crippen molar-refractivity contribution in [2.45, 2.75) is 19.8 Å². The maximum absolute atomic E-state index is 11.9. The van der Waals surface area contributed by atoms with E-state index >= 15 is 0 Å². The molecule has 1 aromatic carbocycles. The highest BCUT2D eigenvalue weighted by molar-refractivity contribution is 6.02. The number of nitrogens with one attached hydrogen (secondary N) is 1. The number of carboxylic acids is 1. The molecule has 0 atom stereocenters. The molecule has 2 N–H and O–H groups in total. The molecule has 6 nitrogen and oxygen atoms in total. The molecule has 0 amide bonds. The van der Waals surface area contributed by atoms with Gasteiger partial charge in [-0.3, -0.25) is 9.59 Å². The second kappa shape index (κ2) is 4.48. The first-order valence-corrected chi connectivity index (χ1v) is 6.24. The van der Waals surface area contributed by atoms with Crippen molar-refractivity contribution >= 4 is 28.0 Å². The van der Waals surface area contributed by atoms with Crippen LogP contribution in [0, 0.1) is 0 Å². The van der Waals surface area contributed by atoms with Crippen LogP contribution in [0.4, 0.5) is 0 Å². The average Bonchev–Trinajstić information content (AvgIpc) is 2.77. The van der Waals surface area contributed by atoms with Crippen LogP contribution in [0.1, 0.15) is 18.3 Å². The first-order chi connectivity index (χ1) is 9.58. The molecule has 0 aliphatic rings. The number of hydrogen-bond acceptors (Lipinski definition) is 4. The topological polar surface area (TPSA) is 96.2 Å². The number of aromatic nitrogens is 2. The smallest absolute Gasteiger partial charge is 0.307 e.